The fraction of sp³-hybridized carbons (Fsp3) is 0.750. The van der Waals surface area contributed by atoms with Crippen molar-refractivity contribution in [2.75, 3.05) is 0 Å². The Morgan fingerprint density at radius 3 is 2.42 bits per heavy atom. The van der Waals surface area contributed by atoms with Gasteiger partial charge in [0, 0.05) is 0 Å². The summed E-state index contributed by atoms with van der Waals surface area (Å²) in [5.41, 5.74) is 1.88. The van der Waals surface area contributed by atoms with Crippen LogP contribution in [0.4, 0.5) is 4.39 Å². The van der Waals surface area contributed by atoms with Crippen LogP contribution in [0, 0.1) is 3.70 Å². The van der Waals surface area contributed by atoms with E-state index >= 15 is 4.39 Å². The molecule has 1 aromatic rings. The summed E-state index contributed by atoms with van der Waals surface area (Å²) < 4.78 is 18.4. The third kappa shape index (κ3) is 2.65. The van der Waals surface area contributed by atoms with Gasteiger partial charge in [0.15, 0.2) is 0 Å². The first-order chi connectivity index (χ1) is 8.52. The van der Waals surface area contributed by atoms with Gasteiger partial charge in [0.1, 0.15) is 0 Å². The molecule has 3 nitrogen and oxygen atoms in total. The standard InChI is InChI=1S/C12H17FI2N3.K/c1-6(2)18-11(15)7(3)9-8(12(18,4)13)10(14)16-17(9)5;/h6,11H,1-5H3;. The average molecular weight is 515 g/mol. The third-order valence-electron chi connectivity index (χ3n) is 3.95. The molecule has 19 heavy (non-hydrogen) atoms. The van der Waals surface area contributed by atoms with Crippen LogP contribution in [0.3, 0.4) is 0 Å². The van der Waals surface area contributed by atoms with E-state index in [1.807, 2.05) is 16.6 Å². The van der Waals surface area contributed by atoms with Gasteiger partial charge in [0.05, 0.1) is 0 Å². The summed E-state index contributed by atoms with van der Waals surface area (Å²) in [5.74, 6) is -1.45. The summed E-state index contributed by atoms with van der Waals surface area (Å²) in [6, 6.07) is 0.169. The summed E-state index contributed by atoms with van der Waals surface area (Å²) in [6.45, 7) is 8.08. The number of rotatable bonds is 1. The molecule has 1 aliphatic rings. The van der Waals surface area contributed by atoms with Crippen LogP contribution in [0.25, 0.3) is 0 Å². The van der Waals surface area contributed by atoms with E-state index in [2.05, 4.69) is 71.1 Å². The van der Waals surface area contributed by atoms with Crippen LogP contribution in [0.15, 0.2) is 0 Å². The second-order valence-corrected chi connectivity index (χ2v) is 11.6. The van der Waals surface area contributed by atoms with Crippen LogP contribution in [0.1, 0.15) is 39.0 Å². The van der Waals surface area contributed by atoms with Gasteiger partial charge in [-0.25, -0.2) is 0 Å². The summed E-state index contributed by atoms with van der Waals surface area (Å²) in [7, 11) is 1.94. The van der Waals surface area contributed by atoms with E-state index in [1.165, 1.54) is 0 Å². The SMILES string of the molecule is CC(C)N1C(I)[C](C)([K])c2c(c(I)nn2C)C1(C)F. The molecule has 0 saturated heterocycles. The van der Waals surface area contributed by atoms with Crippen LogP contribution in [-0.4, -0.2) is 73.7 Å². The van der Waals surface area contributed by atoms with Crippen molar-refractivity contribution in [1.82, 2.24) is 14.7 Å². The number of fused-ring (bicyclic) bond motifs is 1. The van der Waals surface area contributed by atoms with Crippen molar-refractivity contribution in [2.24, 2.45) is 7.05 Å². The summed E-state index contributed by atoms with van der Waals surface area (Å²) in [5, 5.41) is 4.48. The maximum atomic E-state index is 15.5. The Labute approximate surface area is 175 Å². The Morgan fingerprint density at radius 2 is 1.95 bits per heavy atom. The van der Waals surface area contributed by atoms with Crippen LogP contribution in [0.2, 0.25) is 0 Å². The van der Waals surface area contributed by atoms with E-state index in [9.17, 15) is 0 Å². The molecule has 0 aromatic carbocycles. The molecule has 0 spiro atoms. The summed E-state index contributed by atoms with van der Waals surface area (Å²) >= 11 is 5.12. The third-order valence-corrected chi connectivity index (χ3v) is 10.3. The van der Waals surface area contributed by atoms with Gasteiger partial charge in [-0.15, -0.1) is 0 Å². The van der Waals surface area contributed by atoms with Crippen LogP contribution in [0.5, 0.6) is 0 Å². The summed E-state index contributed by atoms with van der Waals surface area (Å²) in [4.78, 5) is 2.00. The van der Waals surface area contributed by atoms with Crippen molar-refractivity contribution >= 4 is 94.1 Å². The van der Waals surface area contributed by atoms with Crippen molar-refractivity contribution in [3.05, 3.63) is 15.0 Å². The molecule has 3 unspecified atom stereocenters. The van der Waals surface area contributed by atoms with Crippen LogP contribution in [-0.2, 0) is 12.3 Å². The molecule has 0 bridgehead atoms. The van der Waals surface area contributed by atoms with Crippen molar-refractivity contribution in [2.45, 2.75) is 43.1 Å². The Kier molecular flexibility index (Phi) is 5.25. The molecule has 0 N–H and O–H groups in total. The molecule has 2 rings (SSSR count). The first-order valence-electron chi connectivity index (χ1n) is 6.37. The molecule has 7 heteroatoms. The second-order valence-electron chi connectivity index (χ2n) is 6.15. The van der Waals surface area contributed by atoms with Gasteiger partial charge in [-0.1, -0.05) is 0 Å². The van der Waals surface area contributed by atoms with E-state index < -0.39 is 5.79 Å². The van der Waals surface area contributed by atoms with Gasteiger partial charge in [-0.2, -0.15) is 0 Å². The molecule has 0 saturated carbocycles. The second kappa shape index (κ2) is 5.68. The quantitative estimate of drug-likeness (QED) is 0.248. The van der Waals surface area contributed by atoms with E-state index in [1.54, 1.807) is 6.92 Å². The van der Waals surface area contributed by atoms with E-state index in [4.69, 9.17) is 0 Å². The molecule has 0 fully saturated rings. The van der Waals surface area contributed by atoms with E-state index in [0.29, 0.717) is 49.0 Å². The van der Waals surface area contributed by atoms with Crippen molar-refractivity contribution < 1.29 is 4.39 Å². The maximum absolute atomic E-state index is 15.5. The van der Waals surface area contributed by atoms with Crippen LogP contribution >= 0.6 is 45.2 Å². The number of nitrogens with zero attached hydrogens (tertiary/aromatic N) is 3. The minimum atomic E-state index is -1.45. The number of aryl methyl sites for hydroxylation is 1. The molecular weight excluding hydrogens is 498 g/mol. The van der Waals surface area contributed by atoms with Crippen molar-refractivity contribution in [1.29, 1.82) is 0 Å². The minimum absolute atomic E-state index is 0.0456. The zero-order valence-corrected chi connectivity index (χ0v) is 19.6. The van der Waals surface area contributed by atoms with Gasteiger partial charge in [-0.05, 0) is 0 Å². The predicted molar refractivity (Wildman–Crippen MR) is 92.3 cm³/mol. The fourth-order valence-electron chi connectivity index (χ4n) is 3.18. The zero-order valence-electron chi connectivity index (χ0n) is 12.1. The van der Waals surface area contributed by atoms with Gasteiger partial charge in [0.25, 0.3) is 0 Å². The van der Waals surface area contributed by atoms with Crippen molar-refractivity contribution in [3.63, 3.8) is 0 Å². The van der Waals surface area contributed by atoms with Gasteiger partial charge < -0.3 is 0 Å². The van der Waals surface area contributed by atoms with Gasteiger partial charge >= 0.3 is 178 Å². The molecule has 0 aliphatic carbocycles. The number of halogens is 3. The number of hydrogen-bond donors (Lipinski definition) is 0. The van der Waals surface area contributed by atoms with E-state index in [-0.39, 0.29) is 9.60 Å². The molecule has 1 aliphatic heterocycles. The number of hydrogen-bond acceptors (Lipinski definition) is 2. The summed E-state index contributed by atoms with van der Waals surface area (Å²) in [6.07, 6.45) is 0. The Bertz CT molecular complexity index is 513. The van der Waals surface area contributed by atoms with E-state index in [0.717, 1.165) is 15.0 Å². The molecule has 2 heterocycles. The molecular formula is C12H17FI2KN3. The monoisotopic (exact) mass is 515 g/mol. The first-order valence-corrected chi connectivity index (χ1v) is 10.3. The topological polar surface area (TPSA) is 21.1 Å². The number of aromatic nitrogens is 2. The average Bonchev–Trinajstić information content (AvgIpc) is 2.52. The Morgan fingerprint density at radius 1 is 1.42 bits per heavy atom. The molecule has 0 amide bonds. The predicted octanol–water partition coefficient (Wildman–Crippen LogP) is 3.04. The zero-order chi connectivity index (χ0) is 14.7. The molecule has 3 atom stereocenters. The Hall–Kier alpha value is 2.20. The molecule has 102 valence electrons. The van der Waals surface area contributed by atoms with Gasteiger partial charge in [0.2, 0.25) is 0 Å². The van der Waals surface area contributed by atoms with Crippen LogP contribution < -0.4 is 0 Å². The Balaban J connectivity index is 2.78. The molecule has 0 radical (unpaired) electrons. The fourth-order valence-corrected chi connectivity index (χ4v) is 7.05. The molecule has 1 aromatic heterocycles. The van der Waals surface area contributed by atoms with Gasteiger partial charge in [-0.3, -0.25) is 0 Å². The first kappa shape index (κ1) is 17.5. The number of alkyl halides is 2. The van der Waals surface area contributed by atoms with Crippen molar-refractivity contribution in [3.8, 4) is 0 Å². The normalized spacial score (nSPS) is 35.8.